The lowest BCUT2D eigenvalue weighted by Crippen LogP contribution is -2.38. The monoisotopic (exact) mass is 259 g/mol. The van der Waals surface area contributed by atoms with Crippen molar-refractivity contribution in [2.45, 2.75) is 6.92 Å². The van der Waals surface area contributed by atoms with Crippen molar-refractivity contribution < 1.29 is 9.59 Å². The number of hydrogen-bond donors (Lipinski definition) is 1. The number of likely N-dealkylation sites (N-methyl/N-ethyl adjacent to an activating group) is 2. The standard InChI is InChI=1S/C14H17N3O2/c1-3-17(10-14(19)16-2)9-13(18)12-6-4-11(8-15)5-7-12/h4-7H,3,9-10H2,1-2H3,(H,16,19). The van der Waals surface area contributed by atoms with Gasteiger partial charge in [-0.1, -0.05) is 19.1 Å². The van der Waals surface area contributed by atoms with Crippen molar-refractivity contribution in [3.05, 3.63) is 35.4 Å². The van der Waals surface area contributed by atoms with E-state index >= 15 is 0 Å². The van der Waals surface area contributed by atoms with Crippen LogP contribution >= 0.6 is 0 Å². The molecule has 19 heavy (non-hydrogen) atoms. The second-order valence-electron chi connectivity index (χ2n) is 4.09. The van der Waals surface area contributed by atoms with Crippen molar-refractivity contribution in [1.82, 2.24) is 10.2 Å². The summed E-state index contributed by atoms with van der Waals surface area (Å²) in [6, 6.07) is 8.50. The molecule has 1 N–H and O–H groups in total. The van der Waals surface area contributed by atoms with Crippen LogP contribution in [0.4, 0.5) is 0 Å². The molecule has 0 unspecified atom stereocenters. The van der Waals surface area contributed by atoms with E-state index in [0.29, 0.717) is 17.7 Å². The maximum atomic E-state index is 12.0. The Kier molecular flexibility index (Phi) is 5.71. The number of rotatable bonds is 6. The summed E-state index contributed by atoms with van der Waals surface area (Å²) in [7, 11) is 1.57. The van der Waals surface area contributed by atoms with Crippen LogP contribution in [0, 0.1) is 11.3 Å². The van der Waals surface area contributed by atoms with Crippen LogP contribution < -0.4 is 5.32 Å². The molecule has 0 aliphatic heterocycles. The summed E-state index contributed by atoms with van der Waals surface area (Å²) in [5.41, 5.74) is 1.07. The molecule has 0 aliphatic carbocycles. The zero-order valence-corrected chi connectivity index (χ0v) is 11.1. The third-order valence-electron chi connectivity index (χ3n) is 2.80. The quantitative estimate of drug-likeness (QED) is 0.767. The average Bonchev–Trinajstić information content (AvgIpc) is 2.46. The van der Waals surface area contributed by atoms with E-state index in [9.17, 15) is 9.59 Å². The minimum atomic E-state index is -0.116. The van der Waals surface area contributed by atoms with Gasteiger partial charge in [0.15, 0.2) is 5.78 Å². The number of ketones is 1. The number of carbonyl (C=O) groups excluding carboxylic acids is 2. The van der Waals surface area contributed by atoms with Gasteiger partial charge in [0.25, 0.3) is 0 Å². The molecule has 0 spiro atoms. The van der Waals surface area contributed by atoms with E-state index < -0.39 is 0 Å². The molecular weight excluding hydrogens is 242 g/mol. The molecule has 0 heterocycles. The molecule has 1 rings (SSSR count). The first-order chi connectivity index (χ1) is 9.10. The van der Waals surface area contributed by atoms with Gasteiger partial charge in [0.1, 0.15) is 0 Å². The highest BCUT2D eigenvalue weighted by Crippen LogP contribution is 2.05. The number of nitriles is 1. The Balaban J connectivity index is 2.66. The van der Waals surface area contributed by atoms with Crippen LogP contribution in [0.5, 0.6) is 0 Å². The number of benzene rings is 1. The summed E-state index contributed by atoms with van der Waals surface area (Å²) in [6.07, 6.45) is 0. The largest absolute Gasteiger partial charge is 0.358 e. The van der Waals surface area contributed by atoms with Gasteiger partial charge >= 0.3 is 0 Å². The fraction of sp³-hybridized carbons (Fsp3) is 0.357. The van der Waals surface area contributed by atoms with Crippen LogP contribution in [0.1, 0.15) is 22.8 Å². The SMILES string of the molecule is CCN(CC(=O)NC)CC(=O)c1ccc(C#N)cc1. The van der Waals surface area contributed by atoms with Crippen molar-refractivity contribution in [3.8, 4) is 6.07 Å². The molecule has 0 radical (unpaired) electrons. The van der Waals surface area contributed by atoms with E-state index in [2.05, 4.69) is 5.32 Å². The summed E-state index contributed by atoms with van der Waals surface area (Å²) >= 11 is 0. The van der Waals surface area contributed by atoms with Crippen molar-refractivity contribution in [3.63, 3.8) is 0 Å². The third kappa shape index (κ3) is 4.53. The minimum absolute atomic E-state index is 0.0600. The lowest BCUT2D eigenvalue weighted by molar-refractivity contribution is -0.121. The van der Waals surface area contributed by atoms with Gasteiger partial charge in [-0.3, -0.25) is 14.5 Å². The zero-order chi connectivity index (χ0) is 14.3. The maximum Gasteiger partial charge on any atom is 0.233 e. The summed E-state index contributed by atoms with van der Waals surface area (Å²) in [5, 5.41) is 11.2. The second kappa shape index (κ2) is 7.29. The molecule has 0 fully saturated rings. The van der Waals surface area contributed by atoms with Gasteiger partial charge in [-0.2, -0.15) is 5.26 Å². The Hall–Kier alpha value is -2.19. The Bertz CT molecular complexity index is 488. The van der Waals surface area contributed by atoms with Crippen LogP contribution in [-0.2, 0) is 4.79 Å². The molecule has 0 atom stereocenters. The molecular formula is C14H17N3O2. The normalized spacial score (nSPS) is 10.0. The summed E-state index contributed by atoms with van der Waals surface area (Å²) < 4.78 is 0. The molecule has 0 saturated heterocycles. The highest BCUT2D eigenvalue weighted by atomic mass is 16.2. The molecule has 1 aromatic rings. The van der Waals surface area contributed by atoms with E-state index in [1.807, 2.05) is 13.0 Å². The van der Waals surface area contributed by atoms with Crippen LogP contribution in [0.25, 0.3) is 0 Å². The fourth-order valence-corrected chi connectivity index (χ4v) is 1.59. The molecule has 1 amide bonds. The van der Waals surface area contributed by atoms with Crippen molar-refractivity contribution >= 4 is 11.7 Å². The highest BCUT2D eigenvalue weighted by molar-refractivity contribution is 5.97. The third-order valence-corrected chi connectivity index (χ3v) is 2.80. The number of nitrogens with one attached hydrogen (secondary N) is 1. The predicted molar refractivity (Wildman–Crippen MR) is 71.7 cm³/mol. The summed E-state index contributed by atoms with van der Waals surface area (Å²) in [5.74, 6) is -0.176. The Morgan fingerprint density at radius 1 is 1.26 bits per heavy atom. The number of carbonyl (C=O) groups is 2. The predicted octanol–water partition coefficient (Wildman–Crippen LogP) is 0.809. The van der Waals surface area contributed by atoms with E-state index in [-0.39, 0.29) is 24.8 Å². The van der Waals surface area contributed by atoms with Crippen molar-refractivity contribution in [2.75, 3.05) is 26.7 Å². The minimum Gasteiger partial charge on any atom is -0.358 e. The first kappa shape index (κ1) is 14.9. The molecule has 5 heteroatoms. The topological polar surface area (TPSA) is 73.2 Å². The van der Waals surface area contributed by atoms with Crippen molar-refractivity contribution in [2.24, 2.45) is 0 Å². The zero-order valence-electron chi connectivity index (χ0n) is 11.1. The van der Waals surface area contributed by atoms with E-state index in [1.54, 1.807) is 36.2 Å². The summed E-state index contributed by atoms with van der Waals surface area (Å²) in [6.45, 7) is 2.91. The molecule has 1 aromatic carbocycles. The van der Waals surface area contributed by atoms with Gasteiger partial charge < -0.3 is 5.32 Å². The fourth-order valence-electron chi connectivity index (χ4n) is 1.59. The van der Waals surface area contributed by atoms with Crippen LogP contribution in [0.2, 0.25) is 0 Å². The molecule has 5 nitrogen and oxygen atoms in total. The molecule has 100 valence electrons. The summed E-state index contributed by atoms with van der Waals surface area (Å²) in [4.78, 5) is 25.1. The number of amides is 1. The maximum absolute atomic E-state index is 12.0. The first-order valence-corrected chi connectivity index (χ1v) is 6.07. The first-order valence-electron chi connectivity index (χ1n) is 6.07. The number of Topliss-reactive ketones (excluding diaryl/α,β-unsaturated/α-hetero) is 1. The Labute approximate surface area is 112 Å². The average molecular weight is 259 g/mol. The van der Waals surface area contributed by atoms with Gasteiger partial charge in [0.2, 0.25) is 5.91 Å². The Morgan fingerprint density at radius 3 is 2.37 bits per heavy atom. The van der Waals surface area contributed by atoms with Crippen LogP contribution in [0.15, 0.2) is 24.3 Å². The highest BCUT2D eigenvalue weighted by Gasteiger charge is 2.13. The molecule has 0 aromatic heterocycles. The van der Waals surface area contributed by atoms with E-state index in [1.165, 1.54) is 0 Å². The van der Waals surface area contributed by atoms with E-state index in [4.69, 9.17) is 5.26 Å². The lowest BCUT2D eigenvalue weighted by Gasteiger charge is -2.18. The molecule has 0 saturated carbocycles. The van der Waals surface area contributed by atoms with Gasteiger partial charge in [-0.15, -0.1) is 0 Å². The lowest BCUT2D eigenvalue weighted by atomic mass is 10.1. The second-order valence-corrected chi connectivity index (χ2v) is 4.09. The van der Waals surface area contributed by atoms with E-state index in [0.717, 1.165) is 0 Å². The van der Waals surface area contributed by atoms with Gasteiger partial charge in [-0.25, -0.2) is 0 Å². The van der Waals surface area contributed by atoms with Crippen molar-refractivity contribution in [1.29, 1.82) is 5.26 Å². The van der Waals surface area contributed by atoms with Gasteiger partial charge in [-0.05, 0) is 18.7 Å². The van der Waals surface area contributed by atoms with Crippen LogP contribution in [-0.4, -0.2) is 43.3 Å². The van der Waals surface area contributed by atoms with Crippen LogP contribution in [0.3, 0.4) is 0 Å². The Morgan fingerprint density at radius 2 is 1.89 bits per heavy atom. The van der Waals surface area contributed by atoms with Gasteiger partial charge in [0.05, 0.1) is 24.7 Å². The number of hydrogen-bond acceptors (Lipinski definition) is 4. The van der Waals surface area contributed by atoms with Gasteiger partial charge in [0, 0.05) is 12.6 Å². The molecule has 0 aliphatic rings. The smallest absolute Gasteiger partial charge is 0.233 e. The number of nitrogens with zero attached hydrogens (tertiary/aromatic N) is 2. The molecule has 0 bridgehead atoms.